The van der Waals surface area contributed by atoms with Crippen molar-refractivity contribution in [2.24, 2.45) is 0 Å². The van der Waals surface area contributed by atoms with Crippen molar-refractivity contribution in [2.45, 2.75) is 12.7 Å². The maximum atomic E-state index is 12.7. The molecule has 8 heteroatoms. The van der Waals surface area contributed by atoms with Crippen molar-refractivity contribution in [2.75, 3.05) is 12.4 Å². The van der Waals surface area contributed by atoms with E-state index >= 15 is 0 Å². The lowest BCUT2D eigenvalue weighted by atomic mass is 10.1. The van der Waals surface area contributed by atoms with Crippen molar-refractivity contribution >= 4 is 11.6 Å². The van der Waals surface area contributed by atoms with Crippen molar-refractivity contribution in [3.8, 4) is 5.75 Å². The van der Waals surface area contributed by atoms with Gasteiger partial charge in [0.25, 0.3) is 11.5 Å². The highest BCUT2D eigenvalue weighted by Crippen LogP contribution is 2.29. The summed E-state index contributed by atoms with van der Waals surface area (Å²) < 4.78 is 44.5. The quantitative estimate of drug-likeness (QED) is 0.697. The van der Waals surface area contributed by atoms with Crippen molar-refractivity contribution in [1.82, 2.24) is 4.57 Å². The molecular formula is C21H17F3N2O3. The van der Waals surface area contributed by atoms with E-state index in [4.69, 9.17) is 4.74 Å². The van der Waals surface area contributed by atoms with Crippen LogP contribution in [-0.4, -0.2) is 17.6 Å². The van der Waals surface area contributed by atoms with Crippen LogP contribution in [0.15, 0.2) is 71.7 Å². The maximum Gasteiger partial charge on any atom is 0.416 e. The molecule has 0 spiro atoms. The van der Waals surface area contributed by atoms with E-state index in [1.54, 1.807) is 24.3 Å². The summed E-state index contributed by atoms with van der Waals surface area (Å²) in [5.41, 5.74) is -0.497. The van der Waals surface area contributed by atoms with Gasteiger partial charge in [0.1, 0.15) is 11.3 Å². The van der Waals surface area contributed by atoms with Crippen LogP contribution in [0.2, 0.25) is 0 Å². The van der Waals surface area contributed by atoms with Crippen LogP contribution >= 0.6 is 0 Å². The molecule has 0 aliphatic carbocycles. The molecule has 150 valence electrons. The van der Waals surface area contributed by atoms with E-state index in [9.17, 15) is 22.8 Å². The Kier molecular flexibility index (Phi) is 5.72. The first-order valence-electron chi connectivity index (χ1n) is 8.59. The first kappa shape index (κ1) is 20.2. The summed E-state index contributed by atoms with van der Waals surface area (Å²) in [6.45, 7) is 0.0345. The van der Waals surface area contributed by atoms with Crippen LogP contribution in [0.1, 0.15) is 21.5 Å². The summed E-state index contributed by atoms with van der Waals surface area (Å²) in [4.78, 5) is 25.2. The minimum absolute atomic E-state index is 0.0345. The zero-order valence-electron chi connectivity index (χ0n) is 15.4. The number of nitrogens with one attached hydrogen (secondary N) is 1. The van der Waals surface area contributed by atoms with Gasteiger partial charge in [-0.25, -0.2) is 0 Å². The molecule has 0 fully saturated rings. The third kappa shape index (κ3) is 4.66. The monoisotopic (exact) mass is 402 g/mol. The third-order valence-electron chi connectivity index (χ3n) is 4.25. The summed E-state index contributed by atoms with van der Waals surface area (Å²) >= 11 is 0. The van der Waals surface area contributed by atoms with Crippen molar-refractivity contribution in [3.63, 3.8) is 0 Å². The van der Waals surface area contributed by atoms with Gasteiger partial charge in [-0.15, -0.1) is 0 Å². The Morgan fingerprint density at radius 3 is 2.38 bits per heavy atom. The van der Waals surface area contributed by atoms with Gasteiger partial charge in [-0.2, -0.15) is 13.2 Å². The molecule has 0 aliphatic heterocycles. The number of amides is 1. The largest absolute Gasteiger partial charge is 0.495 e. The molecule has 0 saturated heterocycles. The number of ether oxygens (including phenoxy) is 1. The van der Waals surface area contributed by atoms with Crippen LogP contribution in [0.5, 0.6) is 5.75 Å². The Balaban J connectivity index is 1.82. The Morgan fingerprint density at radius 1 is 1.03 bits per heavy atom. The number of anilines is 1. The van der Waals surface area contributed by atoms with E-state index in [2.05, 4.69) is 5.32 Å². The number of hydrogen-bond donors (Lipinski definition) is 1. The highest BCUT2D eigenvalue weighted by atomic mass is 19.4. The fraction of sp³-hybridized carbons (Fsp3) is 0.143. The molecule has 1 aromatic heterocycles. The zero-order chi connectivity index (χ0) is 21.0. The molecular weight excluding hydrogens is 385 g/mol. The van der Waals surface area contributed by atoms with Crippen LogP contribution in [0, 0.1) is 0 Å². The molecule has 3 rings (SSSR count). The Labute approximate surface area is 164 Å². The van der Waals surface area contributed by atoms with Crippen LogP contribution < -0.4 is 15.6 Å². The summed E-state index contributed by atoms with van der Waals surface area (Å²) in [7, 11) is 1.46. The molecule has 3 aromatic rings. The van der Waals surface area contributed by atoms with Crippen LogP contribution in [0.3, 0.4) is 0 Å². The number of alkyl halides is 3. The molecule has 0 aliphatic rings. The lowest BCUT2D eigenvalue weighted by Crippen LogP contribution is -2.29. The first-order valence-corrected chi connectivity index (χ1v) is 8.59. The van der Waals surface area contributed by atoms with Gasteiger partial charge in [-0.3, -0.25) is 9.59 Å². The number of aromatic nitrogens is 1. The highest BCUT2D eigenvalue weighted by Gasteiger charge is 2.29. The van der Waals surface area contributed by atoms with Gasteiger partial charge < -0.3 is 14.6 Å². The van der Waals surface area contributed by atoms with E-state index < -0.39 is 23.2 Å². The average molecular weight is 402 g/mol. The topological polar surface area (TPSA) is 60.3 Å². The van der Waals surface area contributed by atoms with Gasteiger partial charge in [0.15, 0.2) is 0 Å². The second kappa shape index (κ2) is 8.22. The standard InChI is InChI=1S/C21H17F3N2O3/c1-29-18-7-3-2-6-17(18)25-19(27)16-5-4-12-26(20(16)28)13-14-8-10-15(11-9-14)21(22,23)24/h2-12H,13H2,1H3,(H,25,27). The van der Waals surface area contributed by atoms with Gasteiger partial charge >= 0.3 is 6.18 Å². The minimum Gasteiger partial charge on any atom is -0.495 e. The van der Waals surface area contributed by atoms with Gasteiger partial charge in [-0.1, -0.05) is 24.3 Å². The second-order valence-corrected chi connectivity index (χ2v) is 6.20. The number of halogens is 3. The van der Waals surface area contributed by atoms with E-state index in [1.807, 2.05) is 0 Å². The van der Waals surface area contributed by atoms with E-state index in [1.165, 1.54) is 42.1 Å². The summed E-state index contributed by atoms with van der Waals surface area (Å²) in [5, 5.41) is 2.63. The summed E-state index contributed by atoms with van der Waals surface area (Å²) in [6, 6.07) is 14.2. The number of benzene rings is 2. The van der Waals surface area contributed by atoms with Crippen molar-refractivity contribution in [3.05, 3.63) is 93.9 Å². The van der Waals surface area contributed by atoms with E-state index in [-0.39, 0.29) is 12.1 Å². The predicted molar refractivity (Wildman–Crippen MR) is 102 cm³/mol. The van der Waals surface area contributed by atoms with Crippen LogP contribution in [0.4, 0.5) is 18.9 Å². The number of rotatable bonds is 5. The number of carbonyl (C=O) groups excluding carboxylic acids is 1. The van der Waals surface area contributed by atoms with Crippen molar-refractivity contribution < 1.29 is 22.7 Å². The zero-order valence-corrected chi connectivity index (χ0v) is 15.4. The highest BCUT2D eigenvalue weighted by molar-refractivity contribution is 6.04. The molecule has 29 heavy (non-hydrogen) atoms. The third-order valence-corrected chi connectivity index (χ3v) is 4.25. The summed E-state index contributed by atoms with van der Waals surface area (Å²) in [5.74, 6) is -0.164. The van der Waals surface area contributed by atoms with Gasteiger partial charge in [0.05, 0.1) is 24.9 Å². The number of hydrogen-bond acceptors (Lipinski definition) is 3. The molecule has 1 heterocycles. The molecule has 0 unspecified atom stereocenters. The smallest absolute Gasteiger partial charge is 0.416 e. The molecule has 1 amide bonds. The Bertz CT molecular complexity index is 1070. The molecule has 5 nitrogen and oxygen atoms in total. The van der Waals surface area contributed by atoms with Crippen molar-refractivity contribution in [1.29, 1.82) is 0 Å². The van der Waals surface area contributed by atoms with Gasteiger partial charge in [0, 0.05) is 6.20 Å². The lowest BCUT2D eigenvalue weighted by molar-refractivity contribution is -0.137. The number of nitrogens with zero attached hydrogens (tertiary/aromatic N) is 1. The Hall–Kier alpha value is -3.55. The molecule has 2 aromatic carbocycles. The average Bonchev–Trinajstić information content (AvgIpc) is 2.69. The predicted octanol–water partition coefficient (Wildman–Crippen LogP) is 4.18. The van der Waals surface area contributed by atoms with Gasteiger partial charge in [-0.05, 0) is 42.0 Å². The molecule has 0 atom stereocenters. The number of pyridine rings is 1. The summed E-state index contributed by atoms with van der Waals surface area (Å²) in [6.07, 6.45) is -2.95. The molecule has 1 N–H and O–H groups in total. The minimum atomic E-state index is -4.42. The van der Waals surface area contributed by atoms with E-state index in [0.29, 0.717) is 17.0 Å². The number of methoxy groups -OCH3 is 1. The van der Waals surface area contributed by atoms with E-state index in [0.717, 1.165) is 12.1 Å². The van der Waals surface area contributed by atoms with Crippen LogP contribution in [0.25, 0.3) is 0 Å². The molecule has 0 saturated carbocycles. The second-order valence-electron chi connectivity index (χ2n) is 6.20. The molecule has 0 bridgehead atoms. The lowest BCUT2D eigenvalue weighted by Gasteiger charge is -2.12. The van der Waals surface area contributed by atoms with Crippen LogP contribution in [-0.2, 0) is 12.7 Å². The number of carbonyl (C=O) groups is 1. The number of para-hydroxylation sites is 2. The maximum absolute atomic E-state index is 12.7. The first-order chi connectivity index (χ1) is 13.8. The normalized spacial score (nSPS) is 11.2. The Morgan fingerprint density at radius 2 is 1.72 bits per heavy atom. The van der Waals surface area contributed by atoms with Gasteiger partial charge in [0.2, 0.25) is 0 Å². The fourth-order valence-electron chi connectivity index (χ4n) is 2.77. The SMILES string of the molecule is COc1ccccc1NC(=O)c1cccn(Cc2ccc(C(F)(F)F)cc2)c1=O. The molecule has 0 radical (unpaired) electrons. The fourth-order valence-corrected chi connectivity index (χ4v) is 2.77.